The van der Waals surface area contributed by atoms with Gasteiger partial charge in [0.1, 0.15) is 18.5 Å². The lowest BCUT2D eigenvalue weighted by Crippen LogP contribution is -2.43. The quantitative estimate of drug-likeness (QED) is 0.292. The molecule has 2 saturated heterocycles. The number of ether oxygens (including phenoxy) is 2. The highest BCUT2D eigenvalue weighted by Crippen LogP contribution is 2.48. The molecule has 2 fully saturated rings. The Morgan fingerprint density at radius 2 is 1.57 bits per heavy atom. The third kappa shape index (κ3) is 7.67. The number of methoxy groups -OCH3 is 1. The number of aliphatic hydroxyl groups excluding tert-OH is 1. The number of carbonyl (C=O) groups excluding carboxylic acids is 2. The van der Waals surface area contributed by atoms with Gasteiger partial charge in [-0.05, 0) is 84.4 Å². The van der Waals surface area contributed by atoms with Gasteiger partial charge in [-0.15, -0.1) is 0 Å². The van der Waals surface area contributed by atoms with Gasteiger partial charge in [0.15, 0.2) is 0 Å². The summed E-state index contributed by atoms with van der Waals surface area (Å²) in [5.41, 5.74) is -7.07. The number of cyclic esters (lactones) is 1. The molecule has 2 aliphatic heterocycles. The minimum Gasteiger partial charge on any atom is -0.496 e. The van der Waals surface area contributed by atoms with Gasteiger partial charge in [-0.2, -0.15) is 39.5 Å². The number of hydrogen-bond donors (Lipinski definition) is 1. The highest BCUT2D eigenvalue weighted by Gasteiger charge is 2.56. The summed E-state index contributed by atoms with van der Waals surface area (Å²) in [5, 5.41) is 9.18. The van der Waals surface area contributed by atoms with Crippen molar-refractivity contribution in [3.8, 4) is 5.75 Å². The van der Waals surface area contributed by atoms with Crippen LogP contribution in [0.1, 0.15) is 66.0 Å². The van der Waals surface area contributed by atoms with Gasteiger partial charge in [-0.3, -0.25) is 9.69 Å². The molecule has 0 radical (unpaired) electrons. The Hall–Kier alpha value is -4.28. The fraction of sp³-hybridized carbons (Fsp3) is 0.471. The van der Waals surface area contributed by atoms with Crippen LogP contribution in [0.2, 0.25) is 0 Å². The third-order valence-electron chi connectivity index (χ3n) is 9.50. The molecular weight excluding hydrogens is 706 g/mol. The van der Waals surface area contributed by atoms with Crippen LogP contribution in [0, 0.1) is 0 Å². The van der Waals surface area contributed by atoms with Gasteiger partial charge in [-0.25, -0.2) is 9.18 Å². The first-order valence-corrected chi connectivity index (χ1v) is 15.7. The summed E-state index contributed by atoms with van der Waals surface area (Å²) in [6.07, 6.45) is -17.8. The van der Waals surface area contributed by atoms with Crippen LogP contribution >= 0.6 is 0 Å². The van der Waals surface area contributed by atoms with Crippen molar-refractivity contribution in [1.82, 2.24) is 9.80 Å². The van der Waals surface area contributed by atoms with E-state index in [2.05, 4.69) is 0 Å². The SMILES string of the molecule is COc1ccc(C2CCN(C(=O)CO)CC2)cc1C1=C(CN2C(=O)O[C@H](c3cc(C(F)(F)F)cc(C(F)(F)F)c3)[C@@H]2C)CC(F)(C(F)(F)F)C=C1. The van der Waals surface area contributed by atoms with Gasteiger partial charge in [0.25, 0.3) is 0 Å². The number of nitrogens with zero attached hydrogens (tertiary/aromatic N) is 2. The molecule has 1 unspecified atom stereocenters. The molecule has 0 spiro atoms. The summed E-state index contributed by atoms with van der Waals surface area (Å²) in [4.78, 5) is 27.4. The van der Waals surface area contributed by atoms with Crippen molar-refractivity contribution < 1.29 is 68.1 Å². The van der Waals surface area contributed by atoms with Crippen molar-refractivity contribution in [3.63, 3.8) is 0 Å². The third-order valence-corrected chi connectivity index (χ3v) is 9.50. The van der Waals surface area contributed by atoms with Gasteiger partial charge < -0.3 is 19.5 Å². The van der Waals surface area contributed by atoms with Crippen LogP contribution in [0.25, 0.3) is 5.57 Å². The molecule has 2 heterocycles. The Morgan fingerprint density at radius 3 is 2.10 bits per heavy atom. The van der Waals surface area contributed by atoms with Crippen LogP contribution in [0.5, 0.6) is 5.75 Å². The lowest BCUT2D eigenvalue weighted by Gasteiger charge is -2.34. The maximum absolute atomic E-state index is 15.5. The molecule has 51 heavy (non-hydrogen) atoms. The minimum atomic E-state index is -5.39. The molecule has 2 aromatic carbocycles. The molecule has 17 heteroatoms. The fourth-order valence-corrected chi connectivity index (χ4v) is 6.67. The molecule has 2 aromatic rings. The van der Waals surface area contributed by atoms with Crippen LogP contribution < -0.4 is 4.74 Å². The largest absolute Gasteiger partial charge is 0.496 e. The summed E-state index contributed by atoms with van der Waals surface area (Å²) in [6, 6.07) is 4.34. The summed E-state index contributed by atoms with van der Waals surface area (Å²) >= 11 is 0. The lowest BCUT2D eigenvalue weighted by atomic mass is 9.81. The van der Waals surface area contributed by atoms with E-state index in [-0.39, 0.29) is 34.4 Å². The van der Waals surface area contributed by atoms with Gasteiger partial charge in [0.05, 0.1) is 24.3 Å². The second-order valence-corrected chi connectivity index (χ2v) is 12.7. The molecule has 5 rings (SSSR count). The van der Waals surface area contributed by atoms with Crippen molar-refractivity contribution in [2.45, 2.75) is 68.4 Å². The van der Waals surface area contributed by atoms with E-state index in [1.807, 2.05) is 0 Å². The number of likely N-dealkylation sites (tertiary alicyclic amines) is 1. The first-order chi connectivity index (χ1) is 23.7. The van der Waals surface area contributed by atoms with E-state index < -0.39 is 84.6 Å². The molecule has 3 aliphatic rings. The molecule has 2 amide bonds. The number of piperidine rings is 1. The normalized spacial score (nSPS) is 23.6. The maximum atomic E-state index is 15.5. The fourth-order valence-electron chi connectivity index (χ4n) is 6.67. The zero-order valence-corrected chi connectivity index (χ0v) is 27.1. The number of halogens is 10. The highest BCUT2D eigenvalue weighted by molar-refractivity contribution is 5.83. The molecule has 3 atom stereocenters. The van der Waals surface area contributed by atoms with Crippen molar-refractivity contribution >= 4 is 17.6 Å². The van der Waals surface area contributed by atoms with Crippen molar-refractivity contribution in [2.24, 2.45) is 0 Å². The zero-order valence-electron chi connectivity index (χ0n) is 27.1. The van der Waals surface area contributed by atoms with Crippen LogP contribution in [-0.4, -0.2) is 78.1 Å². The first kappa shape index (κ1) is 38.0. The summed E-state index contributed by atoms with van der Waals surface area (Å²) in [5.74, 6) is -0.371. The molecule has 0 bridgehead atoms. The van der Waals surface area contributed by atoms with E-state index in [9.17, 15) is 54.2 Å². The van der Waals surface area contributed by atoms with E-state index in [0.29, 0.717) is 49.7 Å². The van der Waals surface area contributed by atoms with Crippen LogP contribution in [0.3, 0.4) is 0 Å². The summed E-state index contributed by atoms with van der Waals surface area (Å²) in [7, 11) is 1.30. The average molecular weight is 739 g/mol. The predicted molar refractivity (Wildman–Crippen MR) is 161 cm³/mol. The van der Waals surface area contributed by atoms with Crippen molar-refractivity contribution in [3.05, 3.63) is 81.9 Å². The summed E-state index contributed by atoms with van der Waals surface area (Å²) in [6.45, 7) is 0.540. The Balaban J connectivity index is 1.53. The van der Waals surface area contributed by atoms with Crippen LogP contribution in [-0.2, 0) is 21.9 Å². The van der Waals surface area contributed by atoms with E-state index >= 15 is 4.39 Å². The number of hydrogen-bond acceptors (Lipinski definition) is 5. The summed E-state index contributed by atoms with van der Waals surface area (Å²) < 4.78 is 150. The Bertz CT molecular complexity index is 1690. The molecule has 1 N–H and O–H groups in total. The monoisotopic (exact) mass is 738 g/mol. The number of amides is 2. The number of carbonyl (C=O) groups is 2. The van der Waals surface area contributed by atoms with Crippen LogP contribution in [0.15, 0.2) is 54.1 Å². The van der Waals surface area contributed by atoms with Gasteiger partial charge in [-0.1, -0.05) is 12.1 Å². The molecule has 0 aromatic heterocycles. The number of aliphatic hydroxyl groups is 1. The molecule has 0 saturated carbocycles. The zero-order chi connectivity index (χ0) is 37.7. The van der Waals surface area contributed by atoms with E-state index in [1.165, 1.54) is 18.9 Å². The molecule has 278 valence electrons. The Morgan fingerprint density at radius 1 is 0.961 bits per heavy atom. The van der Waals surface area contributed by atoms with Gasteiger partial charge >= 0.3 is 24.6 Å². The second-order valence-electron chi connectivity index (χ2n) is 12.7. The molecular formula is C34H32F10N2O5. The highest BCUT2D eigenvalue weighted by atomic mass is 19.4. The van der Waals surface area contributed by atoms with E-state index in [1.54, 1.807) is 18.2 Å². The van der Waals surface area contributed by atoms with Crippen molar-refractivity contribution in [2.75, 3.05) is 33.4 Å². The lowest BCUT2D eigenvalue weighted by molar-refractivity contribution is -0.211. The Labute approximate surface area is 285 Å². The minimum absolute atomic E-state index is 0.0565. The smallest absolute Gasteiger partial charge is 0.426 e. The van der Waals surface area contributed by atoms with Crippen LogP contribution in [0.4, 0.5) is 48.7 Å². The number of benzene rings is 2. The van der Waals surface area contributed by atoms with E-state index in [0.717, 1.165) is 11.0 Å². The maximum Gasteiger partial charge on any atom is 0.426 e. The number of allylic oxidation sites excluding steroid dienone is 3. The predicted octanol–water partition coefficient (Wildman–Crippen LogP) is 8.00. The van der Waals surface area contributed by atoms with E-state index in [4.69, 9.17) is 9.47 Å². The number of rotatable bonds is 7. The van der Waals surface area contributed by atoms with Gasteiger partial charge in [0, 0.05) is 31.6 Å². The van der Waals surface area contributed by atoms with Crippen molar-refractivity contribution in [1.29, 1.82) is 0 Å². The second kappa shape index (κ2) is 13.7. The average Bonchev–Trinajstić information content (AvgIpc) is 3.35. The topological polar surface area (TPSA) is 79.3 Å². The van der Waals surface area contributed by atoms with Gasteiger partial charge in [0.2, 0.25) is 11.6 Å². The Kier molecular flexibility index (Phi) is 10.2. The molecule has 7 nitrogen and oxygen atoms in total. The molecule has 1 aliphatic carbocycles. The standard InChI is InChI=1S/C34H32F10N2O5/c1-18-29(21-11-23(32(36,37)38)14-24(12-21)33(39,40)41)51-30(49)46(18)16-22-15-31(35,34(42,43)44)8-5-25(22)26-13-20(3-4-27(26)50-2)19-6-9-45(10-7-19)28(48)17-47/h3-5,8,11-14,18-19,29,47H,6-7,9-10,15-17H2,1-2H3/t18-,29-,31?/m0/s1. The number of alkyl halides is 10. The first-order valence-electron chi connectivity index (χ1n) is 15.7.